The number of hydrogen-bond acceptors (Lipinski definition) is 4. The van der Waals surface area contributed by atoms with Crippen LogP contribution in [0.5, 0.6) is 0 Å². The Morgan fingerprint density at radius 2 is 2.42 bits per heavy atom. The summed E-state index contributed by atoms with van der Waals surface area (Å²) < 4.78 is 10.2. The van der Waals surface area contributed by atoms with E-state index < -0.39 is 0 Å². The highest BCUT2D eigenvalue weighted by Crippen LogP contribution is 2.12. The van der Waals surface area contributed by atoms with Crippen LogP contribution in [0.15, 0.2) is 0 Å². The minimum Gasteiger partial charge on any atom is -0.463 e. The molecular formula is C8H15NO3. The van der Waals surface area contributed by atoms with E-state index in [0.29, 0.717) is 13.2 Å². The van der Waals surface area contributed by atoms with Crippen LogP contribution in [0.2, 0.25) is 0 Å². The monoisotopic (exact) mass is 173 g/mol. The summed E-state index contributed by atoms with van der Waals surface area (Å²) in [6, 6.07) is 0.151. The molecule has 0 aromatic heterocycles. The van der Waals surface area contributed by atoms with Crippen LogP contribution in [0.1, 0.15) is 19.8 Å². The molecule has 0 aliphatic carbocycles. The highest BCUT2D eigenvalue weighted by Gasteiger charge is 2.19. The van der Waals surface area contributed by atoms with Crippen LogP contribution < -0.4 is 5.73 Å². The Balaban J connectivity index is 2.13. The predicted molar refractivity (Wildman–Crippen MR) is 43.6 cm³/mol. The van der Waals surface area contributed by atoms with Crippen LogP contribution in [-0.2, 0) is 14.3 Å². The Morgan fingerprint density at radius 3 is 2.92 bits per heavy atom. The molecule has 2 unspecified atom stereocenters. The van der Waals surface area contributed by atoms with E-state index in [9.17, 15) is 4.79 Å². The molecule has 1 saturated heterocycles. The lowest BCUT2D eigenvalue weighted by molar-refractivity contribution is -0.146. The summed E-state index contributed by atoms with van der Waals surface area (Å²) in [5, 5.41) is 0. The van der Waals surface area contributed by atoms with E-state index in [1.165, 1.54) is 6.92 Å². The molecule has 1 aliphatic heterocycles. The van der Waals surface area contributed by atoms with Gasteiger partial charge in [-0.3, -0.25) is 4.79 Å². The van der Waals surface area contributed by atoms with Gasteiger partial charge < -0.3 is 15.2 Å². The quantitative estimate of drug-likeness (QED) is 0.600. The van der Waals surface area contributed by atoms with E-state index in [-0.39, 0.29) is 18.1 Å². The van der Waals surface area contributed by atoms with Crippen LogP contribution in [0, 0.1) is 0 Å². The fraction of sp³-hybridized carbons (Fsp3) is 0.875. The minimum atomic E-state index is -0.256. The number of ether oxygens (including phenoxy) is 2. The van der Waals surface area contributed by atoms with E-state index >= 15 is 0 Å². The predicted octanol–water partition coefficient (Wildman–Crippen LogP) is 0.0558. The molecule has 0 spiro atoms. The normalized spacial score (nSPS) is 29.8. The third kappa shape index (κ3) is 3.19. The molecule has 2 N–H and O–H groups in total. The van der Waals surface area contributed by atoms with Crippen molar-refractivity contribution in [1.82, 2.24) is 0 Å². The second-order valence-corrected chi connectivity index (χ2v) is 3.10. The Labute approximate surface area is 72.0 Å². The topological polar surface area (TPSA) is 61.5 Å². The largest absolute Gasteiger partial charge is 0.463 e. The molecule has 1 rings (SSSR count). The Hall–Kier alpha value is -0.610. The Morgan fingerprint density at radius 1 is 1.67 bits per heavy atom. The highest BCUT2D eigenvalue weighted by molar-refractivity contribution is 5.65. The van der Waals surface area contributed by atoms with Gasteiger partial charge in [0.2, 0.25) is 0 Å². The summed E-state index contributed by atoms with van der Waals surface area (Å²) in [6.45, 7) is 2.34. The highest BCUT2D eigenvalue weighted by atomic mass is 16.6. The van der Waals surface area contributed by atoms with Crippen molar-refractivity contribution >= 4 is 5.97 Å². The molecule has 4 heteroatoms. The zero-order valence-corrected chi connectivity index (χ0v) is 7.29. The number of hydrogen-bond donors (Lipinski definition) is 1. The number of carbonyl (C=O) groups excluding carboxylic acids is 1. The third-order valence-electron chi connectivity index (χ3n) is 1.88. The van der Waals surface area contributed by atoms with Crippen LogP contribution in [0.4, 0.5) is 0 Å². The maximum absolute atomic E-state index is 10.4. The van der Waals surface area contributed by atoms with Gasteiger partial charge >= 0.3 is 5.97 Å². The molecule has 0 aromatic carbocycles. The average Bonchev–Trinajstić information content (AvgIpc) is 2.03. The van der Waals surface area contributed by atoms with E-state index in [2.05, 4.69) is 0 Å². The molecule has 1 heterocycles. The molecule has 0 amide bonds. The molecule has 0 radical (unpaired) electrons. The Kier molecular flexibility index (Phi) is 3.49. The fourth-order valence-corrected chi connectivity index (χ4v) is 1.17. The average molecular weight is 173 g/mol. The van der Waals surface area contributed by atoms with Crippen molar-refractivity contribution in [2.45, 2.75) is 31.9 Å². The van der Waals surface area contributed by atoms with Crippen molar-refractivity contribution in [3.05, 3.63) is 0 Å². The van der Waals surface area contributed by atoms with Gasteiger partial charge in [-0.15, -0.1) is 0 Å². The molecule has 1 aliphatic rings. The fourth-order valence-electron chi connectivity index (χ4n) is 1.17. The van der Waals surface area contributed by atoms with Crippen molar-refractivity contribution in [3.63, 3.8) is 0 Å². The smallest absolute Gasteiger partial charge is 0.302 e. The molecular weight excluding hydrogens is 158 g/mol. The summed E-state index contributed by atoms with van der Waals surface area (Å²) in [4.78, 5) is 10.4. The lowest BCUT2D eigenvalue weighted by Crippen LogP contribution is -2.37. The number of carbonyl (C=O) groups is 1. The summed E-state index contributed by atoms with van der Waals surface area (Å²) in [5.74, 6) is -0.256. The first-order valence-corrected chi connectivity index (χ1v) is 4.19. The maximum atomic E-state index is 10.4. The van der Waals surface area contributed by atoms with Gasteiger partial charge in [0.15, 0.2) is 0 Å². The second kappa shape index (κ2) is 4.42. The zero-order valence-electron chi connectivity index (χ0n) is 7.29. The van der Waals surface area contributed by atoms with E-state index in [1.807, 2.05) is 0 Å². The van der Waals surface area contributed by atoms with E-state index in [1.54, 1.807) is 0 Å². The standard InChI is InChI=1S/C8H15NO3/c1-6(10)11-5-8-3-2-7(9)4-12-8/h7-8H,2-5,9H2,1H3. The second-order valence-electron chi connectivity index (χ2n) is 3.10. The van der Waals surface area contributed by atoms with Gasteiger partial charge in [0.05, 0.1) is 12.7 Å². The SMILES string of the molecule is CC(=O)OCC1CCC(N)CO1. The third-order valence-corrected chi connectivity index (χ3v) is 1.88. The van der Waals surface area contributed by atoms with Crippen molar-refractivity contribution in [3.8, 4) is 0 Å². The Bertz CT molecular complexity index is 152. The number of rotatable bonds is 2. The van der Waals surface area contributed by atoms with Gasteiger partial charge in [-0.05, 0) is 12.8 Å². The van der Waals surface area contributed by atoms with Gasteiger partial charge in [0.25, 0.3) is 0 Å². The molecule has 70 valence electrons. The molecule has 2 atom stereocenters. The van der Waals surface area contributed by atoms with Gasteiger partial charge in [-0.2, -0.15) is 0 Å². The zero-order chi connectivity index (χ0) is 8.97. The molecule has 1 fully saturated rings. The molecule has 0 saturated carbocycles. The lowest BCUT2D eigenvalue weighted by atomic mass is 10.1. The number of nitrogens with two attached hydrogens (primary N) is 1. The molecule has 0 aromatic rings. The van der Waals surface area contributed by atoms with Crippen LogP contribution in [-0.4, -0.2) is 31.3 Å². The van der Waals surface area contributed by atoms with E-state index in [0.717, 1.165) is 12.8 Å². The van der Waals surface area contributed by atoms with Gasteiger partial charge in [0, 0.05) is 13.0 Å². The van der Waals surface area contributed by atoms with Crippen LogP contribution in [0.25, 0.3) is 0 Å². The maximum Gasteiger partial charge on any atom is 0.302 e. The first-order valence-electron chi connectivity index (χ1n) is 4.19. The van der Waals surface area contributed by atoms with Gasteiger partial charge in [-0.25, -0.2) is 0 Å². The first kappa shape index (κ1) is 9.48. The molecule has 4 nitrogen and oxygen atoms in total. The van der Waals surface area contributed by atoms with Crippen molar-refractivity contribution in [2.24, 2.45) is 5.73 Å². The summed E-state index contributed by atoms with van der Waals surface area (Å²) >= 11 is 0. The summed E-state index contributed by atoms with van der Waals surface area (Å²) in [6.07, 6.45) is 1.88. The number of esters is 1. The van der Waals surface area contributed by atoms with Crippen molar-refractivity contribution in [1.29, 1.82) is 0 Å². The lowest BCUT2D eigenvalue weighted by Gasteiger charge is -2.26. The van der Waals surface area contributed by atoms with Gasteiger partial charge in [0.1, 0.15) is 6.61 Å². The van der Waals surface area contributed by atoms with Gasteiger partial charge in [-0.1, -0.05) is 0 Å². The minimum absolute atomic E-state index is 0.0497. The van der Waals surface area contributed by atoms with E-state index in [4.69, 9.17) is 15.2 Å². The first-order chi connectivity index (χ1) is 5.68. The van der Waals surface area contributed by atoms with Crippen molar-refractivity contribution < 1.29 is 14.3 Å². The van der Waals surface area contributed by atoms with Crippen LogP contribution in [0.3, 0.4) is 0 Å². The summed E-state index contributed by atoms with van der Waals surface area (Å²) in [5.41, 5.74) is 5.62. The summed E-state index contributed by atoms with van der Waals surface area (Å²) in [7, 11) is 0. The van der Waals surface area contributed by atoms with Crippen molar-refractivity contribution in [2.75, 3.05) is 13.2 Å². The molecule has 0 bridgehead atoms. The van der Waals surface area contributed by atoms with Crippen LogP contribution >= 0.6 is 0 Å². The molecule has 12 heavy (non-hydrogen) atoms.